The van der Waals surface area contributed by atoms with Gasteiger partial charge in [0.25, 0.3) is 0 Å². The summed E-state index contributed by atoms with van der Waals surface area (Å²) >= 11 is 0. The Bertz CT molecular complexity index is 449. The minimum atomic E-state index is -0.420. The van der Waals surface area contributed by atoms with E-state index in [1.807, 2.05) is 6.92 Å². The molecule has 20 heavy (non-hydrogen) atoms. The van der Waals surface area contributed by atoms with E-state index >= 15 is 0 Å². The summed E-state index contributed by atoms with van der Waals surface area (Å²) in [7, 11) is 0. The van der Waals surface area contributed by atoms with Gasteiger partial charge in [0.15, 0.2) is 0 Å². The van der Waals surface area contributed by atoms with E-state index in [-0.39, 0.29) is 17.7 Å². The highest BCUT2D eigenvalue weighted by Gasteiger charge is 2.09. The maximum absolute atomic E-state index is 12.9. The fraction of sp³-hybridized carbons (Fsp3) is 0.533. The van der Waals surface area contributed by atoms with E-state index < -0.39 is 5.82 Å². The molecule has 1 amide bonds. The molecule has 0 saturated carbocycles. The molecule has 1 unspecified atom stereocenters. The minimum Gasteiger partial charge on any atom is -0.397 e. The maximum atomic E-state index is 12.9. The average molecular weight is 282 g/mol. The van der Waals surface area contributed by atoms with Crippen LogP contribution in [-0.4, -0.2) is 18.6 Å². The number of nitrogen functional groups attached to an aromatic ring is 1. The van der Waals surface area contributed by atoms with Crippen LogP contribution in [0.2, 0.25) is 0 Å². The Kier molecular flexibility index (Phi) is 6.45. The molecule has 1 atom stereocenters. The second-order valence-corrected chi connectivity index (χ2v) is 5.20. The van der Waals surface area contributed by atoms with E-state index in [1.54, 1.807) is 0 Å². The molecule has 0 radical (unpaired) electrons. The summed E-state index contributed by atoms with van der Waals surface area (Å²) < 4.78 is 18.5. The molecule has 0 heterocycles. The molecule has 1 aromatic carbocycles. The van der Waals surface area contributed by atoms with Gasteiger partial charge in [-0.2, -0.15) is 0 Å². The molecule has 0 fully saturated rings. The summed E-state index contributed by atoms with van der Waals surface area (Å²) in [6.07, 6.45) is 1.18. The number of ether oxygens (including phenoxy) is 1. The van der Waals surface area contributed by atoms with Crippen molar-refractivity contribution in [2.75, 3.05) is 17.7 Å². The van der Waals surface area contributed by atoms with Crippen molar-refractivity contribution in [2.24, 2.45) is 5.92 Å². The molecule has 112 valence electrons. The van der Waals surface area contributed by atoms with Gasteiger partial charge in [0.2, 0.25) is 5.91 Å². The van der Waals surface area contributed by atoms with E-state index in [4.69, 9.17) is 10.5 Å². The first kappa shape index (κ1) is 16.4. The Hall–Kier alpha value is -1.62. The zero-order valence-electron chi connectivity index (χ0n) is 12.3. The van der Waals surface area contributed by atoms with Crippen molar-refractivity contribution in [2.45, 2.75) is 39.7 Å². The molecule has 0 bridgehead atoms. The molecule has 0 aliphatic heterocycles. The van der Waals surface area contributed by atoms with Gasteiger partial charge < -0.3 is 15.8 Å². The fourth-order valence-electron chi connectivity index (χ4n) is 1.55. The highest BCUT2D eigenvalue weighted by Crippen LogP contribution is 2.19. The van der Waals surface area contributed by atoms with Crippen LogP contribution in [0.3, 0.4) is 0 Å². The van der Waals surface area contributed by atoms with Gasteiger partial charge in [-0.1, -0.05) is 13.8 Å². The summed E-state index contributed by atoms with van der Waals surface area (Å²) in [5.41, 5.74) is 6.28. The quantitative estimate of drug-likeness (QED) is 0.596. The Morgan fingerprint density at radius 2 is 2.10 bits per heavy atom. The number of nitrogens with one attached hydrogen (secondary N) is 1. The topological polar surface area (TPSA) is 64.3 Å². The molecule has 5 heteroatoms. The highest BCUT2D eigenvalue weighted by molar-refractivity contribution is 5.93. The molecule has 1 aromatic rings. The number of nitrogens with two attached hydrogens (primary N) is 1. The number of carbonyl (C=O) groups excluding carboxylic acids is 1. The van der Waals surface area contributed by atoms with Gasteiger partial charge in [0, 0.05) is 13.0 Å². The van der Waals surface area contributed by atoms with E-state index in [9.17, 15) is 9.18 Å². The molecule has 0 aliphatic carbocycles. The Morgan fingerprint density at radius 3 is 2.70 bits per heavy atom. The van der Waals surface area contributed by atoms with Crippen molar-refractivity contribution in [3.8, 4) is 0 Å². The molecule has 0 aliphatic rings. The van der Waals surface area contributed by atoms with Crippen molar-refractivity contribution >= 4 is 17.3 Å². The van der Waals surface area contributed by atoms with Crippen molar-refractivity contribution < 1.29 is 13.9 Å². The highest BCUT2D eigenvalue weighted by atomic mass is 19.1. The van der Waals surface area contributed by atoms with Crippen LogP contribution < -0.4 is 11.1 Å². The number of amides is 1. The number of hydrogen-bond acceptors (Lipinski definition) is 3. The largest absolute Gasteiger partial charge is 0.397 e. The Balaban J connectivity index is 2.30. The van der Waals surface area contributed by atoms with Crippen molar-refractivity contribution in [1.82, 2.24) is 0 Å². The van der Waals surface area contributed by atoms with E-state index in [0.717, 1.165) is 0 Å². The van der Waals surface area contributed by atoms with Gasteiger partial charge in [-0.3, -0.25) is 4.79 Å². The number of carbonyl (C=O) groups is 1. The SMILES string of the molecule is CC(C)C(C)OCCCC(=O)Nc1ccc(F)cc1N. The monoisotopic (exact) mass is 282 g/mol. The van der Waals surface area contributed by atoms with Crippen LogP contribution in [-0.2, 0) is 9.53 Å². The Morgan fingerprint density at radius 1 is 1.40 bits per heavy atom. The number of anilines is 2. The molecule has 1 rings (SSSR count). The fourth-order valence-corrected chi connectivity index (χ4v) is 1.55. The van der Waals surface area contributed by atoms with Gasteiger partial charge in [0.1, 0.15) is 5.82 Å². The standard InChI is InChI=1S/C15H23FN2O2/c1-10(2)11(3)20-8-4-5-15(19)18-14-7-6-12(16)9-13(14)17/h6-7,9-11H,4-5,8,17H2,1-3H3,(H,18,19). The first-order valence-electron chi connectivity index (χ1n) is 6.86. The third kappa shape index (κ3) is 5.57. The summed E-state index contributed by atoms with van der Waals surface area (Å²) in [5.74, 6) is -0.108. The van der Waals surface area contributed by atoms with Crippen LogP contribution in [0.1, 0.15) is 33.6 Å². The average Bonchev–Trinajstić information content (AvgIpc) is 2.37. The lowest BCUT2D eigenvalue weighted by atomic mass is 10.1. The van der Waals surface area contributed by atoms with Gasteiger partial charge in [-0.15, -0.1) is 0 Å². The molecule has 4 nitrogen and oxygen atoms in total. The van der Waals surface area contributed by atoms with Crippen LogP contribution in [0.4, 0.5) is 15.8 Å². The Labute approximate surface area is 119 Å². The second kappa shape index (κ2) is 7.85. The van der Waals surface area contributed by atoms with Gasteiger partial charge in [-0.25, -0.2) is 4.39 Å². The third-order valence-electron chi connectivity index (χ3n) is 3.16. The summed E-state index contributed by atoms with van der Waals surface area (Å²) in [4.78, 5) is 11.7. The predicted octanol–water partition coefficient (Wildman–Crippen LogP) is 3.19. The summed E-state index contributed by atoms with van der Waals surface area (Å²) in [5, 5.41) is 2.66. The molecule has 3 N–H and O–H groups in total. The molecular formula is C15H23FN2O2. The summed E-state index contributed by atoms with van der Waals surface area (Å²) in [6, 6.07) is 3.91. The first-order chi connectivity index (χ1) is 9.40. The third-order valence-corrected chi connectivity index (χ3v) is 3.16. The lowest BCUT2D eigenvalue weighted by molar-refractivity contribution is -0.116. The lowest BCUT2D eigenvalue weighted by Gasteiger charge is -2.16. The van der Waals surface area contributed by atoms with Gasteiger partial charge in [0.05, 0.1) is 17.5 Å². The molecular weight excluding hydrogens is 259 g/mol. The lowest BCUT2D eigenvalue weighted by Crippen LogP contribution is -2.18. The van der Waals surface area contributed by atoms with Crippen LogP contribution in [0.15, 0.2) is 18.2 Å². The number of halogens is 1. The van der Waals surface area contributed by atoms with Crippen LogP contribution >= 0.6 is 0 Å². The van der Waals surface area contributed by atoms with E-state index in [0.29, 0.717) is 31.1 Å². The number of benzene rings is 1. The van der Waals surface area contributed by atoms with Crippen molar-refractivity contribution in [3.63, 3.8) is 0 Å². The normalized spacial score (nSPS) is 12.4. The number of hydrogen-bond donors (Lipinski definition) is 2. The number of rotatable bonds is 7. The smallest absolute Gasteiger partial charge is 0.224 e. The van der Waals surface area contributed by atoms with Crippen molar-refractivity contribution in [3.05, 3.63) is 24.0 Å². The zero-order chi connectivity index (χ0) is 15.1. The molecule has 0 saturated heterocycles. The van der Waals surface area contributed by atoms with Crippen molar-refractivity contribution in [1.29, 1.82) is 0 Å². The van der Waals surface area contributed by atoms with E-state index in [1.165, 1.54) is 18.2 Å². The van der Waals surface area contributed by atoms with Crippen LogP contribution in [0.5, 0.6) is 0 Å². The maximum Gasteiger partial charge on any atom is 0.224 e. The minimum absolute atomic E-state index is 0.149. The van der Waals surface area contributed by atoms with Gasteiger partial charge >= 0.3 is 0 Å². The zero-order valence-corrected chi connectivity index (χ0v) is 12.3. The van der Waals surface area contributed by atoms with Crippen LogP contribution in [0.25, 0.3) is 0 Å². The summed E-state index contributed by atoms with van der Waals surface area (Å²) in [6.45, 7) is 6.75. The second-order valence-electron chi connectivity index (χ2n) is 5.20. The van der Waals surface area contributed by atoms with Crippen LogP contribution in [0, 0.1) is 11.7 Å². The predicted molar refractivity (Wildman–Crippen MR) is 78.9 cm³/mol. The molecule has 0 aromatic heterocycles. The van der Waals surface area contributed by atoms with Gasteiger partial charge in [-0.05, 0) is 37.5 Å². The molecule has 0 spiro atoms. The van der Waals surface area contributed by atoms with E-state index in [2.05, 4.69) is 19.2 Å². The first-order valence-corrected chi connectivity index (χ1v) is 6.86.